The molecule has 0 bridgehead atoms. The summed E-state index contributed by atoms with van der Waals surface area (Å²) in [6, 6.07) is 31.3. The molecule has 5 aromatic carbocycles. The number of benzene rings is 5. The molecule has 4 heterocycles. The van der Waals surface area contributed by atoms with Gasteiger partial charge in [-0.3, -0.25) is 19.7 Å². The average molecular weight is 1150 g/mol. The predicted molar refractivity (Wildman–Crippen MR) is 305 cm³/mol. The van der Waals surface area contributed by atoms with Gasteiger partial charge in [0, 0.05) is 58.9 Å². The van der Waals surface area contributed by atoms with E-state index in [4.69, 9.17) is 23.7 Å². The molecule has 12 atom stereocenters. The van der Waals surface area contributed by atoms with Crippen molar-refractivity contribution in [2.45, 2.75) is 82.1 Å². The van der Waals surface area contributed by atoms with E-state index in [0.717, 1.165) is 94.5 Å². The zero-order chi connectivity index (χ0) is 58.3. The molecule has 6 fully saturated rings. The summed E-state index contributed by atoms with van der Waals surface area (Å²) in [5.74, 6) is 3.82. The Morgan fingerprint density at radius 3 is 1.35 bits per heavy atom. The number of ether oxygens (including phenoxy) is 5. The number of fused-ring (bicyclic) bond motifs is 3. The molecule has 6 aliphatic rings. The Bertz CT molecular complexity index is 3030. The molecule has 18 heteroatoms. The van der Waals surface area contributed by atoms with Crippen LogP contribution in [0.15, 0.2) is 121 Å². The third kappa shape index (κ3) is 14.9. The number of methoxy groups -OCH3 is 2. The van der Waals surface area contributed by atoms with Crippen molar-refractivity contribution in [2.75, 3.05) is 73.1 Å². The minimum absolute atomic E-state index is 0.00929. The molecule has 0 spiro atoms. The highest BCUT2D eigenvalue weighted by Crippen LogP contribution is 2.44. The van der Waals surface area contributed by atoms with Gasteiger partial charge < -0.3 is 54.3 Å². The SMILES string of the molecule is COc1cccc(F)c1OC1C[C@@H]2CN(CC(O)c3ccc(O)cc3)C[C@@H]2C1.COc1cccc(OC2C[C@@H]3CN(CC(O)c4ccc(O)cc4)C[C@@H]3C2)c1F.Cc1ccc(OC2C[C@@H]3CN(CC(O)c4ccc(O)cn4)C[C@@H]3C2)c(F)c1. The lowest BCUT2D eigenvalue weighted by Crippen LogP contribution is -2.29. The van der Waals surface area contributed by atoms with Crippen molar-refractivity contribution in [2.24, 2.45) is 35.5 Å². The number of phenolic OH excluding ortho intramolecular Hbond substituents is 2. The Morgan fingerprint density at radius 2 is 0.892 bits per heavy atom. The summed E-state index contributed by atoms with van der Waals surface area (Å²) in [6.45, 7) is 9.03. The number of aliphatic hydroxyl groups is 3. The van der Waals surface area contributed by atoms with E-state index in [-0.39, 0.29) is 58.6 Å². The third-order valence-electron chi connectivity index (χ3n) is 17.6. The molecule has 3 saturated heterocycles. The summed E-state index contributed by atoms with van der Waals surface area (Å²) in [6.07, 6.45) is 4.99. The molecule has 0 radical (unpaired) electrons. The fourth-order valence-electron chi connectivity index (χ4n) is 13.5. The number of aryl methyl sites for hydroxylation is 1. The van der Waals surface area contributed by atoms with Gasteiger partial charge in [-0.25, -0.2) is 8.78 Å². The van der Waals surface area contributed by atoms with Crippen molar-refractivity contribution < 1.29 is 67.5 Å². The van der Waals surface area contributed by atoms with E-state index in [0.29, 0.717) is 72.3 Å². The highest BCUT2D eigenvalue weighted by atomic mass is 19.1. The van der Waals surface area contributed by atoms with Crippen LogP contribution in [0.5, 0.6) is 46.0 Å². The number of aromatic nitrogens is 1. The molecule has 15 nitrogen and oxygen atoms in total. The third-order valence-corrected chi connectivity index (χ3v) is 17.6. The lowest BCUT2D eigenvalue weighted by molar-refractivity contribution is 0.112. The first kappa shape index (κ1) is 59.4. The van der Waals surface area contributed by atoms with E-state index < -0.39 is 29.9 Å². The van der Waals surface area contributed by atoms with Crippen molar-refractivity contribution in [3.8, 4) is 46.0 Å². The molecule has 3 aliphatic heterocycles. The number of aromatic hydroxyl groups is 3. The quantitative estimate of drug-likeness (QED) is 0.0506. The maximum absolute atomic E-state index is 14.3. The molecule has 444 valence electrons. The Labute approximate surface area is 483 Å². The van der Waals surface area contributed by atoms with Crippen molar-refractivity contribution in [1.29, 1.82) is 0 Å². The Balaban J connectivity index is 0.000000139. The Kier molecular flexibility index (Phi) is 19.2. The van der Waals surface area contributed by atoms with Gasteiger partial charge in [0.05, 0.1) is 56.6 Å². The molecule has 0 amide bonds. The Hall–Kier alpha value is -6.80. The van der Waals surface area contributed by atoms with E-state index in [1.807, 2.05) is 13.0 Å². The molecular weight excluding hydrogens is 1070 g/mol. The number of aliphatic hydroxyl groups excluding tert-OH is 3. The van der Waals surface area contributed by atoms with Gasteiger partial charge in [-0.2, -0.15) is 4.39 Å². The predicted octanol–water partition coefficient (Wildman–Crippen LogP) is 9.78. The van der Waals surface area contributed by atoms with Crippen molar-refractivity contribution in [3.63, 3.8) is 0 Å². The highest BCUT2D eigenvalue weighted by Gasteiger charge is 2.45. The van der Waals surface area contributed by atoms with Crippen LogP contribution < -0.4 is 23.7 Å². The van der Waals surface area contributed by atoms with Gasteiger partial charge >= 0.3 is 0 Å². The molecule has 6 unspecified atom stereocenters. The van der Waals surface area contributed by atoms with Crippen LogP contribution in [0.2, 0.25) is 0 Å². The normalized spacial score (nSPS) is 25.7. The van der Waals surface area contributed by atoms with Crippen LogP contribution in [-0.4, -0.2) is 142 Å². The van der Waals surface area contributed by atoms with Gasteiger partial charge in [0.2, 0.25) is 5.82 Å². The molecule has 12 rings (SSSR count). The maximum atomic E-state index is 14.3. The second-order valence-corrected chi connectivity index (χ2v) is 23.5. The fourth-order valence-corrected chi connectivity index (χ4v) is 13.5. The minimum atomic E-state index is -0.668. The largest absolute Gasteiger partial charge is 0.508 e. The van der Waals surface area contributed by atoms with Crippen molar-refractivity contribution >= 4 is 0 Å². The number of nitrogens with zero attached hydrogens (tertiary/aromatic N) is 4. The molecule has 6 N–H and O–H groups in total. The number of hydrogen-bond donors (Lipinski definition) is 6. The number of hydrogen-bond acceptors (Lipinski definition) is 15. The smallest absolute Gasteiger partial charge is 0.206 e. The highest BCUT2D eigenvalue weighted by molar-refractivity contribution is 5.41. The number of para-hydroxylation sites is 1. The zero-order valence-corrected chi connectivity index (χ0v) is 47.2. The molecule has 6 aromatic rings. The summed E-state index contributed by atoms with van der Waals surface area (Å²) in [5, 5.41) is 59.4. The van der Waals surface area contributed by atoms with E-state index >= 15 is 0 Å². The summed E-state index contributed by atoms with van der Waals surface area (Å²) in [7, 11) is 2.96. The van der Waals surface area contributed by atoms with E-state index in [2.05, 4.69) is 19.7 Å². The number of pyridine rings is 1. The van der Waals surface area contributed by atoms with Crippen LogP contribution in [0.1, 0.15) is 79.2 Å². The first-order valence-corrected chi connectivity index (χ1v) is 28.9. The first-order valence-electron chi connectivity index (χ1n) is 28.9. The standard InChI is InChI=1S/2C22H26FNO4.C21H25FN2O3/c1-27-20-3-2-4-21(22(20)23)28-18-9-15-11-24(12-16(15)10-18)13-19(26)14-5-7-17(25)8-6-14;1-27-21-4-2-3-19(23)22(21)28-18-9-15-11-24(12-16(15)10-18)13-20(26)14-5-7-17(25)8-6-14;1-13-2-5-21(18(22)6-13)27-17-7-14-10-24(11-15(14)8-17)12-20(26)19-4-3-16(25)9-23-19/h2-8,15-16,18-19,25-26H,9-13H2,1H3;2-8,15-16,18,20,25-26H,9-13H2,1H3;2-6,9,14-15,17,20,25-26H,7-8,10-12H2,1H3/t15-,16+,18?,19?;15-,16+,18?,20?;14-,15+,17?,20?. The first-order chi connectivity index (χ1) is 40.0. The van der Waals surface area contributed by atoms with E-state index in [9.17, 15) is 43.8 Å². The van der Waals surface area contributed by atoms with Gasteiger partial charge in [-0.1, -0.05) is 42.5 Å². The van der Waals surface area contributed by atoms with Crippen LogP contribution in [0.4, 0.5) is 13.2 Å². The molecule has 1 aromatic heterocycles. The molecular formula is C65H77F3N4O11. The van der Waals surface area contributed by atoms with Gasteiger partial charge in [-0.15, -0.1) is 0 Å². The summed E-state index contributed by atoms with van der Waals surface area (Å²) < 4.78 is 70.5. The number of β-amino-alcohol motifs (C(OH)–C–C–N with tert-alkyl or cyclic N) is 3. The summed E-state index contributed by atoms with van der Waals surface area (Å²) >= 11 is 0. The zero-order valence-electron chi connectivity index (χ0n) is 47.2. The van der Waals surface area contributed by atoms with Gasteiger partial charge in [0.1, 0.15) is 23.4 Å². The summed E-state index contributed by atoms with van der Waals surface area (Å²) in [5.41, 5.74) is 3.08. The topological polar surface area (TPSA) is 190 Å². The maximum Gasteiger partial charge on any atom is 0.206 e. The van der Waals surface area contributed by atoms with Gasteiger partial charge in [0.25, 0.3) is 0 Å². The lowest BCUT2D eigenvalue weighted by atomic mass is 10.0. The number of rotatable bonds is 17. The molecule has 3 aliphatic carbocycles. The van der Waals surface area contributed by atoms with Crippen LogP contribution in [0.25, 0.3) is 0 Å². The average Bonchev–Trinajstić information content (AvgIpc) is 4.31. The number of phenols is 2. The lowest BCUT2D eigenvalue weighted by Gasteiger charge is -2.23. The van der Waals surface area contributed by atoms with Crippen LogP contribution in [0.3, 0.4) is 0 Å². The molecule has 3 saturated carbocycles. The second kappa shape index (κ2) is 26.8. The van der Waals surface area contributed by atoms with Crippen molar-refractivity contribution in [1.82, 2.24) is 19.7 Å². The van der Waals surface area contributed by atoms with Crippen LogP contribution in [0, 0.1) is 59.9 Å². The summed E-state index contributed by atoms with van der Waals surface area (Å²) in [4.78, 5) is 10.9. The van der Waals surface area contributed by atoms with Crippen molar-refractivity contribution in [3.05, 3.63) is 161 Å². The number of likely N-dealkylation sites (tertiary alicyclic amines) is 3. The number of halogens is 3. The minimum Gasteiger partial charge on any atom is -0.508 e. The van der Waals surface area contributed by atoms with Crippen LogP contribution in [-0.2, 0) is 0 Å². The van der Waals surface area contributed by atoms with Gasteiger partial charge in [0.15, 0.2) is 40.4 Å². The second-order valence-electron chi connectivity index (χ2n) is 23.5. The monoisotopic (exact) mass is 1150 g/mol. The Morgan fingerprint density at radius 1 is 0.470 bits per heavy atom. The van der Waals surface area contributed by atoms with Gasteiger partial charge in [-0.05, 0) is 170 Å². The van der Waals surface area contributed by atoms with E-state index in [1.165, 1.54) is 38.6 Å². The van der Waals surface area contributed by atoms with Crippen LogP contribution >= 0.6 is 0 Å². The van der Waals surface area contributed by atoms with E-state index in [1.54, 1.807) is 91.0 Å². The fraction of sp³-hybridized carbons (Fsp3) is 0.462. The molecule has 83 heavy (non-hydrogen) atoms.